The van der Waals surface area contributed by atoms with Crippen molar-refractivity contribution in [3.05, 3.63) is 71.3 Å². The molecule has 1 aliphatic rings. The second-order valence-electron chi connectivity index (χ2n) is 6.10. The Kier molecular flexibility index (Phi) is 6.28. The van der Waals surface area contributed by atoms with E-state index in [0.717, 1.165) is 23.8 Å². The smallest absolute Gasteiger partial charge is 0.330 e. The van der Waals surface area contributed by atoms with Crippen molar-refractivity contribution < 1.29 is 18.4 Å². The quantitative estimate of drug-likeness (QED) is 0.719. The van der Waals surface area contributed by atoms with Gasteiger partial charge in [0.2, 0.25) is 0 Å². The number of nitrogens with two attached hydrogens (primary N) is 1. The van der Waals surface area contributed by atoms with Crippen molar-refractivity contribution in [1.82, 2.24) is 10.5 Å². The number of thioether (sulfide) groups is 1. The van der Waals surface area contributed by atoms with Crippen LogP contribution < -0.4 is 11.2 Å². The molecule has 2 amide bonds. The number of urea groups is 1. The minimum Gasteiger partial charge on any atom is -0.330 e. The first-order chi connectivity index (χ1) is 13.5. The molecule has 148 valence electrons. The summed E-state index contributed by atoms with van der Waals surface area (Å²) in [6.07, 6.45) is 1.05. The lowest BCUT2D eigenvalue weighted by Gasteiger charge is -2.35. The van der Waals surface area contributed by atoms with Crippen LogP contribution in [0.5, 0.6) is 0 Å². The summed E-state index contributed by atoms with van der Waals surface area (Å²) in [6, 6.07) is 11.8. The van der Waals surface area contributed by atoms with E-state index in [2.05, 4.69) is 10.6 Å². The summed E-state index contributed by atoms with van der Waals surface area (Å²) in [6.45, 7) is 0.401. The molecule has 1 atom stereocenters. The molecule has 2 aromatic carbocycles. The van der Waals surface area contributed by atoms with Gasteiger partial charge in [0.05, 0.1) is 7.11 Å². The zero-order valence-corrected chi connectivity index (χ0v) is 16.0. The van der Waals surface area contributed by atoms with Crippen LogP contribution in [-0.2, 0) is 9.71 Å². The van der Waals surface area contributed by atoms with Crippen LogP contribution in [0.4, 0.5) is 13.6 Å². The van der Waals surface area contributed by atoms with Crippen LogP contribution in [0.1, 0.15) is 24.0 Å². The second kappa shape index (κ2) is 8.68. The van der Waals surface area contributed by atoms with E-state index in [4.69, 9.17) is 10.6 Å². The molecule has 0 spiro atoms. The van der Waals surface area contributed by atoms with Gasteiger partial charge in [-0.25, -0.2) is 19.1 Å². The summed E-state index contributed by atoms with van der Waals surface area (Å²) in [4.78, 5) is 16.5. The first-order valence-electron chi connectivity index (χ1n) is 8.63. The molecule has 9 heteroatoms. The van der Waals surface area contributed by atoms with Gasteiger partial charge in [-0.3, -0.25) is 4.84 Å². The Bertz CT molecular complexity index is 881. The van der Waals surface area contributed by atoms with E-state index in [1.165, 1.54) is 23.9 Å². The Hall–Kier alpha value is -2.49. The van der Waals surface area contributed by atoms with Crippen LogP contribution in [0.25, 0.3) is 0 Å². The van der Waals surface area contributed by atoms with Crippen LogP contribution in [0.3, 0.4) is 0 Å². The van der Waals surface area contributed by atoms with E-state index < -0.39 is 22.5 Å². The minimum atomic E-state index is -0.975. The third-order valence-electron chi connectivity index (χ3n) is 4.28. The summed E-state index contributed by atoms with van der Waals surface area (Å²) in [5.41, 5.74) is 8.75. The van der Waals surface area contributed by atoms with Crippen LogP contribution >= 0.6 is 11.8 Å². The Morgan fingerprint density at radius 2 is 2.04 bits per heavy atom. The summed E-state index contributed by atoms with van der Waals surface area (Å²) < 4.78 is 28.1. The number of hydroxylamine groups is 1. The minimum absolute atomic E-state index is 0.00854. The molecule has 1 aliphatic heterocycles. The standard InChI is InChI=1S/C19H20F2N4O2S/c1-27-24-18(26)25-19(10-5-11-22,13-6-3-2-4-7-13)28-17(23-25)15-12-14(20)8-9-16(15)21/h2-4,6-9,12H,5,10-11,22H2,1H3,(H,24,26). The van der Waals surface area contributed by atoms with E-state index in [-0.39, 0.29) is 10.6 Å². The topological polar surface area (TPSA) is 80.0 Å². The molecular weight excluding hydrogens is 386 g/mol. The van der Waals surface area contributed by atoms with Gasteiger partial charge in [0.25, 0.3) is 0 Å². The zero-order chi connectivity index (χ0) is 20.1. The Labute approximate surface area is 165 Å². The highest BCUT2D eigenvalue weighted by atomic mass is 32.2. The Morgan fingerprint density at radius 1 is 1.29 bits per heavy atom. The van der Waals surface area contributed by atoms with Crippen molar-refractivity contribution in [3.8, 4) is 0 Å². The van der Waals surface area contributed by atoms with E-state index in [9.17, 15) is 13.6 Å². The lowest BCUT2D eigenvalue weighted by Crippen LogP contribution is -2.46. The molecule has 2 aromatic rings. The number of hydrazone groups is 1. The Morgan fingerprint density at radius 3 is 2.71 bits per heavy atom. The highest BCUT2D eigenvalue weighted by Crippen LogP contribution is 2.50. The van der Waals surface area contributed by atoms with E-state index in [0.29, 0.717) is 19.4 Å². The van der Waals surface area contributed by atoms with E-state index in [1.807, 2.05) is 30.3 Å². The summed E-state index contributed by atoms with van der Waals surface area (Å²) >= 11 is 1.19. The van der Waals surface area contributed by atoms with Gasteiger partial charge >= 0.3 is 6.03 Å². The number of halogens is 2. The van der Waals surface area contributed by atoms with Crippen molar-refractivity contribution in [2.75, 3.05) is 13.7 Å². The number of carbonyl (C=O) groups is 1. The molecule has 28 heavy (non-hydrogen) atoms. The molecule has 0 radical (unpaired) electrons. The summed E-state index contributed by atoms with van der Waals surface area (Å²) in [5, 5.41) is 5.75. The van der Waals surface area contributed by atoms with Crippen molar-refractivity contribution in [2.24, 2.45) is 10.8 Å². The molecule has 3 N–H and O–H groups in total. The zero-order valence-electron chi connectivity index (χ0n) is 15.2. The normalized spacial score (nSPS) is 18.9. The molecule has 3 rings (SSSR count). The molecule has 0 saturated carbocycles. The number of benzene rings is 2. The highest BCUT2D eigenvalue weighted by molar-refractivity contribution is 8.15. The van der Waals surface area contributed by atoms with Gasteiger partial charge in [0, 0.05) is 5.56 Å². The number of amides is 2. The molecule has 1 unspecified atom stereocenters. The predicted octanol–water partition coefficient (Wildman–Crippen LogP) is 3.54. The number of nitrogens with one attached hydrogen (secondary N) is 1. The maximum absolute atomic E-state index is 14.4. The lowest BCUT2D eigenvalue weighted by molar-refractivity contribution is 0.0733. The average molecular weight is 406 g/mol. The van der Waals surface area contributed by atoms with Crippen molar-refractivity contribution >= 4 is 22.8 Å². The number of hydrogen-bond acceptors (Lipinski definition) is 5. The third kappa shape index (κ3) is 3.87. The summed E-state index contributed by atoms with van der Waals surface area (Å²) in [5.74, 6) is -1.21. The van der Waals surface area contributed by atoms with Gasteiger partial charge in [0.1, 0.15) is 21.5 Å². The van der Waals surface area contributed by atoms with Crippen LogP contribution in [0, 0.1) is 11.6 Å². The number of hydrogen-bond donors (Lipinski definition) is 2. The number of carbonyl (C=O) groups excluding carboxylic acids is 1. The molecule has 0 aliphatic carbocycles. The van der Waals surface area contributed by atoms with Gasteiger partial charge in [-0.05, 0) is 43.1 Å². The fourth-order valence-corrected chi connectivity index (χ4v) is 4.45. The molecule has 6 nitrogen and oxygen atoms in total. The van der Waals surface area contributed by atoms with Crippen LogP contribution in [0.2, 0.25) is 0 Å². The maximum atomic E-state index is 14.4. The molecule has 0 fully saturated rings. The van der Waals surface area contributed by atoms with Gasteiger partial charge < -0.3 is 5.73 Å². The Balaban J connectivity index is 2.12. The lowest BCUT2D eigenvalue weighted by atomic mass is 10.0. The monoisotopic (exact) mass is 406 g/mol. The fraction of sp³-hybridized carbons (Fsp3) is 0.263. The third-order valence-corrected chi connectivity index (χ3v) is 5.73. The predicted molar refractivity (Wildman–Crippen MR) is 104 cm³/mol. The van der Waals surface area contributed by atoms with Crippen LogP contribution in [0.15, 0.2) is 53.6 Å². The van der Waals surface area contributed by atoms with E-state index in [1.54, 1.807) is 0 Å². The van der Waals surface area contributed by atoms with Crippen molar-refractivity contribution in [2.45, 2.75) is 17.7 Å². The van der Waals surface area contributed by atoms with Crippen molar-refractivity contribution in [3.63, 3.8) is 0 Å². The number of nitrogens with zero attached hydrogens (tertiary/aromatic N) is 2. The highest BCUT2D eigenvalue weighted by Gasteiger charge is 2.48. The average Bonchev–Trinajstić information content (AvgIpc) is 3.10. The van der Waals surface area contributed by atoms with Gasteiger partial charge in [-0.1, -0.05) is 42.1 Å². The van der Waals surface area contributed by atoms with Gasteiger partial charge in [-0.15, -0.1) is 0 Å². The van der Waals surface area contributed by atoms with Gasteiger partial charge in [0.15, 0.2) is 0 Å². The van der Waals surface area contributed by atoms with E-state index >= 15 is 0 Å². The largest absolute Gasteiger partial charge is 0.363 e. The van der Waals surface area contributed by atoms with Gasteiger partial charge in [-0.2, -0.15) is 10.1 Å². The maximum Gasteiger partial charge on any atom is 0.363 e. The molecule has 0 aromatic heterocycles. The van der Waals surface area contributed by atoms with Crippen molar-refractivity contribution in [1.29, 1.82) is 0 Å². The second-order valence-corrected chi connectivity index (χ2v) is 7.36. The first-order valence-corrected chi connectivity index (χ1v) is 9.45. The number of rotatable bonds is 6. The SMILES string of the molecule is CONC(=O)N1N=C(c2cc(F)ccc2F)SC1(CCCN)c1ccccc1. The first kappa shape index (κ1) is 20.2. The molecule has 0 saturated heterocycles. The van der Waals surface area contributed by atoms with Crippen LogP contribution in [-0.4, -0.2) is 29.7 Å². The molecule has 0 bridgehead atoms. The fourth-order valence-electron chi connectivity index (χ4n) is 3.03. The molecular formula is C19H20F2N4O2S. The molecule has 1 heterocycles. The summed E-state index contributed by atoms with van der Waals surface area (Å²) in [7, 11) is 1.31.